The molecule has 0 radical (unpaired) electrons. The smallest absolute Gasteiger partial charge is 0.182 e. The van der Waals surface area contributed by atoms with Crippen LogP contribution in [0.25, 0.3) is 0 Å². The Labute approximate surface area is 90.8 Å². The summed E-state index contributed by atoms with van der Waals surface area (Å²) >= 11 is 0. The van der Waals surface area contributed by atoms with Crippen LogP contribution < -0.4 is 5.73 Å². The number of nitrogens with two attached hydrogens (primary N) is 1. The summed E-state index contributed by atoms with van der Waals surface area (Å²) in [5, 5.41) is 19.2. The van der Waals surface area contributed by atoms with Crippen molar-refractivity contribution in [2.75, 3.05) is 20.1 Å². The molecule has 0 aliphatic carbocycles. The van der Waals surface area contributed by atoms with Crippen LogP contribution in [0.5, 0.6) is 0 Å². The van der Waals surface area contributed by atoms with E-state index in [1.54, 1.807) is 0 Å². The quantitative estimate of drug-likeness (QED) is 0.571. The molecule has 0 spiro atoms. The molecule has 90 valence electrons. The average Bonchev–Trinajstić information content (AvgIpc) is 2.19. The summed E-state index contributed by atoms with van der Waals surface area (Å²) in [7, 11) is 1.94. The number of hydrogen-bond acceptors (Lipinski definition) is 5. The Hall–Kier alpha value is -0.200. The van der Waals surface area contributed by atoms with Crippen molar-refractivity contribution in [2.24, 2.45) is 5.73 Å². The monoisotopic (exact) mass is 218 g/mol. The first kappa shape index (κ1) is 12.9. The molecule has 5 nitrogen and oxygen atoms in total. The highest BCUT2D eigenvalue weighted by atomic mass is 16.6. The summed E-state index contributed by atoms with van der Waals surface area (Å²) in [6.45, 7) is 3.37. The van der Waals surface area contributed by atoms with Crippen LogP contribution in [0.3, 0.4) is 0 Å². The normalized spacial score (nSPS) is 37.2. The van der Waals surface area contributed by atoms with Gasteiger partial charge in [-0.05, 0) is 39.9 Å². The molecule has 0 amide bonds. The molecule has 1 heterocycles. The third-order valence-corrected chi connectivity index (χ3v) is 2.91. The fourth-order valence-electron chi connectivity index (χ4n) is 1.99. The van der Waals surface area contributed by atoms with Gasteiger partial charge in [0.1, 0.15) is 6.10 Å². The van der Waals surface area contributed by atoms with Crippen LogP contribution in [-0.4, -0.2) is 59.8 Å². The third-order valence-electron chi connectivity index (χ3n) is 2.91. The van der Waals surface area contributed by atoms with Crippen LogP contribution in [0.15, 0.2) is 0 Å². The van der Waals surface area contributed by atoms with Gasteiger partial charge < -0.3 is 25.6 Å². The lowest BCUT2D eigenvalue weighted by Gasteiger charge is -2.40. The molecule has 1 rings (SSSR count). The first-order valence-electron chi connectivity index (χ1n) is 5.48. The van der Waals surface area contributed by atoms with Crippen molar-refractivity contribution < 1.29 is 14.9 Å². The van der Waals surface area contributed by atoms with Gasteiger partial charge >= 0.3 is 0 Å². The standard InChI is InChI=1S/C10H22N2O3/c1-7-6-8(9(13)10(14)15-7)12(2)5-3-4-11/h7-10,13-14H,3-6,11H2,1-2H3/t7?,8-,9+,10+/m0/s1. The van der Waals surface area contributed by atoms with Gasteiger partial charge in [-0.1, -0.05) is 0 Å². The van der Waals surface area contributed by atoms with E-state index in [0.717, 1.165) is 19.4 Å². The zero-order valence-corrected chi connectivity index (χ0v) is 9.47. The number of aliphatic hydroxyl groups excluding tert-OH is 2. The number of likely N-dealkylation sites (N-methyl/N-ethyl adjacent to an activating group) is 1. The van der Waals surface area contributed by atoms with E-state index in [0.29, 0.717) is 6.54 Å². The predicted molar refractivity (Wildman–Crippen MR) is 57.3 cm³/mol. The van der Waals surface area contributed by atoms with Crippen molar-refractivity contribution in [3.8, 4) is 0 Å². The Balaban J connectivity index is 2.50. The minimum Gasteiger partial charge on any atom is -0.386 e. The predicted octanol–water partition coefficient (Wildman–Crippen LogP) is -0.876. The van der Waals surface area contributed by atoms with Crippen molar-refractivity contribution in [1.82, 2.24) is 4.90 Å². The average molecular weight is 218 g/mol. The number of ether oxygens (including phenoxy) is 1. The molecule has 15 heavy (non-hydrogen) atoms. The third kappa shape index (κ3) is 3.39. The molecule has 1 aliphatic rings. The van der Waals surface area contributed by atoms with E-state index >= 15 is 0 Å². The zero-order chi connectivity index (χ0) is 11.4. The molecule has 5 heteroatoms. The largest absolute Gasteiger partial charge is 0.386 e. The fraction of sp³-hybridized carbons (Fsp3) is 1.00. The summed E-state index contributed by atoms with van der Waals surface area (Å²) in [6.07, 6.45) is -0.290. The molecule has 1 fully saturated rings. The maximum absolute atomic E-state index is 9.78. The summed E-state index contributed by atoms with van der Waals surface area (Å²) in [6, 6.07) is -0.0460. The van der Waals surface area contributed by atoms with Crippen molar-refractivity contribution in [3.63, 3.8) is 0 Å². The first-order chi connectivity index (χ1) is 7.06. The molecule has 0 aromatic carbocycles. The number of rotatable bonds is 4. The topological polar surface area (TPSA) is 79.0 Å². The maximum Gasteiger partial charge on any atom is 0.182 e. The molecule has 4 N–H and O–H groups in total. The minimum atomic E-state index is -1.07. The Bertz CT molecular complexity index is 192. The van der Waals surface area contributed by atoms with Crippen molar-refractivity contribution >= 4 is 0 Å². The molecular formula is C10H22N2O3. The molecule has 0 saturated carbocycles. The number of hydrogen-bond donors (Lipinski definition) is 3. The van der Waals surface area contributed by atoms with Gasteiger partial charge in [0.2, 0.25) is 0 Å². The summed E-state index contributed by atoms with van der Waals surface area (Å²) in [4.78, 5) is 2.04. The van der Waals surface area contributed by atoms with Crippen LogP contribution in [-0.2, 0) is 4.74 Å². The molecule has 1 saturated heterocycles. The molecule has 1 aliphatic heterocycles. The van der Waals surface area contributed by atoms with Gasteiger partial charge in [-0.2, -0.15) is 0 Å². The summed E-state index contributed by atoms with van der Waals surface area (Å²) in [5.41, 5.74) is 5.43. The van der Waals surface area contributed by atoms with Gasteiger partial charge in [-0.3, -0.25) is 0 Å². The van der Waals surface area contributed by atoms with E-state index in [4.69, 9.17) is 10.5 Å². The lowest BCUT2D eigenvalue weighted by molar-refractivity contribution is -0.231. The molecule has 0 bridgehead atoms. The molecular weight excluding hydrogens is 196 g/mol. The molecule has 1 unspecified atom stereocenters. The highest BCUT2D eigenvalue weighted by Crippen LogP contribution is 2.22. The van der Waals surface area contributed by atoms with Gasteiger partial charge in [0.15, 0.2) is 6.29 Å². The van der Waals surface area contributed by atoms with E-state index in [9.17, 15) is 10.2 Å². The summed E-state index contributed by atoms with van der Waals surface area (Å²) < 4.78 is 5.14. The minimum absolute atomic E-state index is 0.0197. The molecule has 0 aromatic heterocycles. The first-order valence-corrected chi connectivity index (χ1v) is 5.48. The van der Waals surface area contributed by atoms with Crippen LogP contribution in [0.2, 0.25) is 0 Å². The Morgan fingerprint density at radius 3 is 2.73 bits per heavy atom. The van der Waals surface area contributed by atoms with Gasteiger partial charge in [0.05, 0.1) is 6.10 Å². The van der Waals surface area contributed by atoms with Gasteiger partial charge in [0, 0.05) is 6.04 Å². The van der Waals surface area contributed by atoms with Crippen LogP contribution >= 0.6 is 0 Å². The second kappa shape index (κ2) is 5.77. The SMILES string of the molecule is CC1C[C@H](N(C)CCCN)[C@@H](O)[C@H](O)O1. The summed E-state index contributed by atoms with van der Waals surface area (Å²) in [5.74, 6) is 0. The number of nitrogens with zero attached hydrogens (tertiary/aromatic N) is 1. The van der Waals surface area contributed by atoms with E-state index in [-0.39, 0.29) is 12.1 Å². The fourth-order valence-corrected chi connectivity index (χ4v) is 1.99. The van der Waals surface area contributed by atoms with E-state index < -0.39 is 12.4 Å². The number of aliphatic hydroxyl groups is 2. The van der Waals surface area contributed by atoms with E-state index in [1.807, 2.05) is 18.9 Å². The van der Waals surface area contributed by atoms with Gasteiger partial charge in [-0.25, -0.2) is 0 Å². The van der Waals surface area contributed by atoms with Crippen LogP contribution in [0.4, 0.5) is 0 Å². The van der Waals surface area contributed by atoms with Crippen LogP contribution in [0, 0.1) is 0 Å². The highest BCUT2D eigenvalue weighted by molar-refractivity contribution is 4.85. The Morgan fingerprint density at radius 2 is 2.13 bits per heavy atom. The van der Waals surface area contributed by atoms with E-state index in [2.05, 4.69) is 0 Å². The highest BCUT2D eigenvalue weighted by Gasteiger charge is 2.36. The molecule has 4 atom stereocenters. The van der Waals surface area contributed by atoms with Crippen LogP contribution in [0.1, 0.15) is 19.8 Å². The Kier molecular flexibility index (Phi) is 4.95. The second-order valence-electron chi connectivity index (χ2n) is 4.25. The van der Waals surface area contributed by atoms with Crippen molar-refractivity contribution in [3.05, 3.63) is 0 Å². The zero-order valence-electron chi connectivity index (χ0n) is 9.47. The van der Waals surface area contributed by atoms with Crippen molar-refractivity contribution in [1.29, 1.82) is 0 Å². The lowest BCUT2D eigenvalue weighted by Crippen LogP contribution is -2.54. The molecule has 0 aromatic rings. The van der Waals surface area contributed by atoms with Crippen molar-refractivity contribution in [2.45, 2.75) is 44.3 Å². The Morgan fingerprint density at radius 1 is 1.47 bits per heavy atom. The lowest BCUT2D eigenvalue weighted by atomic mass is 9.99. The van der Waals surface area contributed by atoms with Gasteiger partial charge in [0.25, 0.3) is 0 Å². The maximum atomic E-state index is 9.78. The van der Waals surface area contributed by atoms with Gasteiger partial charge in [-0.15, -0.1) is 0 Å². The van der Waals surface area contributed by atoms with E-state index in [1.165, 1.54) is 0 Å². The second-order valence-corrected chi connectivity index (χ2v) is 4.25.